The summed E-state index contributed by atoms with van der Waals surface area (Å²) in [6.07, 6.45) is 4.71. The molecule has 1 aliphatic rings. The molecule has 0 aliphatic carbocycles. The second-order valence-corrected chi connectivity index (χ2v) is 7.88. The molecule has 2 aromatic rings. The zero-order valence-electron chi connectivity index (χ0n) is 14.3. The van der Waals surface area contributed by atoms with E-state index < -0.39 is 5.97 Å². The highest BCUT2D eigenvalue weighted by Gasteiger charge is 2.21. The number of carboxylic acids is 1. The maximum Gasteiger partial charge on any atom is 0.347 e. The average Bonchev–Trinajstić information content (AvgIpc) is 3.02. The van der Waals surface area contributed by atoms with Gasteiger partial charge in [-0.1, -0.05) is 18.2 Å². The lowest BCUT2D eigenvalue weighted by Gasteiger charge is -2.31. The lowest BCUT2D eigenvalue weighted by molar-refractivity contribution is 0.0702. The van der Waals surface area contributed by atoms with Crippen LogP contribution in [0.25, 0.3) is 0 Å². The maximum absolute atomic E-state index is 10.9. The summed E-state index contributed by atoms with van der Waals surface area (Å²) in [5, 5.41) is 9.94. The molecule has 2 heterocycles. The Labute approximate surface area is 147 Å². The Balaban J connectivity index is 1.49. The number of likely N-dealkylation sites (tertiary alicyclic amines) is 1. The quantitative estimate of drug-likeness (QED) is 0.893. The van der Waals surface area contributed by atoms with Crippen LogP contribution >= 0.6 is 11.3 Å². The van der Waals surface area contributed by atoms with Gasteiger partial charge in [-0.05, 0) is 62.4 Å². The SMILES string of the molecule is Cc1ccc(CN2CCC(Cc3ncc(C(=O)O)s3)CC2)cc1C. The summed E-state index contributed by atoms with van der Waals surface area (Å²) < 4.78 is 0. The Morgan fingerprint density at radius 3 is 2.67 bits per heavy atom. The number of thiazole rings is 1. The maximum atomic E-state index is 10.9. The molecule has 1 N–H and O–H groups in total. The molecule has 1 aliphatic heterocycles. The molecule has 1 saturated heterocycles. The van der Waals surface area contributed by atoms with E-state index in [1.165, 1.54) is 34.2 Å². The van der Waals surface area contributed by atoms with Crippen molar-refractivity contribution in [3.8, 4) is 0 Å². The van der Waals surface area contributed by atoms with Crippen molar-refractivity contribution in [2.24, 2.45) is 5.92 Å². The molecule has 0 saturated carbocycles. The van der Waals surface area contributed by atoms with Crippen LogP contribution < -0.4 is 0 Å². The van der Waals surface area contributed by atoms with Crippen LogP contribution in [-0.4, -0.2) is 34.0 Å². The third kappa shape index (κ3) is 4.22. The standard InChI is InChI=1S/C19H24N2O2S/c1-13-3-4-16(9-14(13)2)12-21-7-5-15(6-8-21)10-18-20-11-17(24-18)19(22)23/h3-4,9,11,15H,5-8,10,12H2,1-2H3,(H,22,23). The number of piperidine rings is 1. The van der Waals surface area contributed by atoms with Crippen LogP contribution in [0.15, 0.2) is 24.4 Å². The van der Waals surface area contributed by atoms with Crippen LogP contribution in [0.5, 0.6) is 0 Å². The van der Waals surface area contributed by atoms with Gasteiger partial charge in [0.25, 0.3) is 0 Å². The lowest BCUT2D eigenvalue weighted by atomic mass is 9.93. The van der Waals surface area contributed by atoms with Crippen molar-refractivity contribution >= 4 is 17.3 Å². The van der Waals surface area contributed by atoms with Gasteiger partial charge in [-0.25, -0.2) is 9.78 Å². The van der Waals surface area contributed by atoms with Crippen molar-refractivity contribution in [3.05, 3.63) is 51.0 Å². The number of rotatable bonds is 5. The molecule has 1 fully saturated rings. The molecule has 3 rings (SSSR count). The van der Waals surface area contributed by atoms with Gasteiger partial charge in [0.15, 0.2) is 0 Å². The summed E-state index contributed by atoms with van der Waals surface area (Å²) in [6.45, 7) is 7.56. The molecular weight excluding hydrogens is 320 g/mol. The topological polar surface area (TPSA) is 53.4 Å². The first-order valence-electron chi connectivity index (χ1n) is 8.48. The van der Waals surface area contributed by atoms with Crippen LogP contribution in [-0.2, 0) is 13.0 Å². The number of hydrogen-bond donors (Lipinski definition) is 1. The fourth-order valence-corrected chi connectivity index (χ4v) is 4.13. The number of aryl methyl sites for hydroxylation is 2. The van der Waals surface area contributed by atoms with Gasteiger partial charge >= 0.3 is 5.97 Å². The minimum atomic E-state index is -0.873. The van der Waals surface area contributed by atoms with E-state index in [4.69, 9.17) is 5.11 Å². The van der Waals surface area contributed by atoms with E-state index in [-0.39, 0.29) is 0 Å². The van der Waals surface area contributed by atoms with E-state index in [0.29, 0.717) is 10.8 Å². The fourth-order valence-electron chi connectivity index (χ4n) is 3.26. The van der Waals surface area contributed by atoms with E-state index in [0.717, 1.165) is 43.9 Å². The van der Waals surface area contributed by atoms with E-state index in [1.54, 1.807) is 0 Å². The normalized spacial score (nSPS) is 16.4. The molecular formula is C19H24N2O2S. The summed E-state index contributed by atoms with van der Waals surface area (Å²) in [5.74, 6) is -0.254. The van der Waals surface area contributed by atoms with Gasteiger partial charge in [-0.2, -0.15) is 0 Å². The first kappa shape index (κ1) is 17.1. The lowest BCUT2D eigenvalue weighted by Crippen LogP contribution is -2.33. The Morgan fingerprint density at radius 1 is 1.29 bits per heavy atom. The van der Waals surface area contributed by atoms with Crippen LogP contribution in [0.3, 0.4) is 0 Å². The minimum absolute atomic E-state index is 0.345. The van der Waals surface area contributed by atoms with E-state index in [2.05, 4.69) is 41.9 Å². The summed E-state index contributed by atoms with van der Waals surface area (Å²) in [7, 11) is 0. The summed E-state index contributed by atoms with van der Waals surface area (Å²) >= 11 is 1.32. The van der Waals surface area contributed by atoms with Crippen LogP contribution in [0.2, 0.25) is 0 Å². The van der Waals surface area contributed by atoms with Gasteiger partial charge in [0.1, 0.15) is 4.88 Å². The minimum Gasteiger partial charge on any atom is -0.477 e. The molecule has 0 unspecified atom stereocenters. The summed E-state index contributed by atoms with van der Waals surface area (Å²) in [5.41, 5.74) is 4.10. The zero-order chi connectivity index (χ0) is 17.1. The molecule has 1 aromatic carbocycles. The average molecular weight is 344 g/mol. The van der Waals surface area contributed by atoms with Gasteiger partial charge < -0.3 is 5.11 Å². The van der Waals surface area contributed by atoms with Crippen LogP contribution in [0, 0.1) is 19.8 Å². The number of aromatic carboxylic acids is 1. The second-order valence-electron chi connectivity index (χ2n) is 6.77. The fraction of sp³-hybridized carbons (Fsp3) is 0.474. The van der Waals surface area contributed by atoms with Gasteiger partial charge in [0, 0.05) is 13.0 Å². The Hall–Kier alpha value is -1.72. The molecule has 128 valence electrons. The largest absolute Gasteiger partial charge is 0.477 e. The number of benzene rings is 1. The number of hydrogen-bond acceptors (Lipinski definition) is 4. The molecule has 0 radical (unpaired) electrons. The molecule has 4 nitrogen and oxygen atoms in total. The first-order chi connectivity index (χ1) is 11.5. The molecule has 0 spiro atoms. The molecule has 24 heavy (non-hydrogen) atoms. The van der Waals surface area contributed by atoms with Crippen molar-refractivity contribution in [3.63, 3.8) is 0 Å². The highest BCUT2D eigenvalue weighted by molar-refractivity contribution is 7.13. The van der Waals surface area contributed by atoms with Crippen molar-refractivity contribution < 1.29 is 9.90 Å². The molecule has 0 bridgehead atoms. The van der Waals surface area contributed by atoms with Gasteiger partial charge in [-0.3, -0.25) is 4.90 Å². The Bertz CT molecular complexity index is 718. The first-order valence-corrected chi connectivity index (χ1v) is 9.29. The summed E-state index contributed by atoms with van der Waals surface area (Å²) in [4.78, 5) is 18.1. The smallest absolute Gasteiger partial charge is 0.347 e. The predicted molar refractivity (Wildman–Crippen MR) is 96.7 cm³/mol. The van der Waals surface area contributed by atoms with Gasteiger partial charge in [0.2, 0.25) is 0 Å². The number of aromatic nitrogens is 1. The Kier molecular flexibility index (Phi) is 5.31. The monoisotopic (exact) mass is 344 g/mol. The van der Waals surface area contributed by atoms with E-state index in [1.807, 2.05) is 0 Å². The highest BCUT2D eigenvalue weighted by atomic mass is 32.1. The van der Waals surface area contributed by atoms with Crippen molar-refractivity contribution in [2.45, 2.75) is 39.7 Å². The third-order valence-electron chi connectivity index (χ3n) is 4.91. The zero-order valence-corrected chi connectivity index (χ0v) is 15.1. The molecule has 1 aromatic heterocycles. The molecule has 0 atom stereocenters. The van der Waals surface area contributed by atoms with Crippen LogP contribution in [0.1, 0.15) is 44.2 Å². The van der Waals surface area contributed by atoms with E-state index >= 15 is 0 Å². The third-order valence-corrected chi connectivity index (χ3v) is 5.92. The number of nitrogens with zero attached hydrogens (tertiary/aromatic N) is 2. The molecule has 0 amide bonds. The Morgan fingerprint density at radius 2 is 2.04 bits per heavy atom. The van der Waals surface area contributed by atoms with Crippen molar-refractivity contribution in [1.82, 2.24) is 9.88 Å². The number of carbonyl (C=O) groups is 1. The van der Waals surface area contributed by atoms with Crippen LogP contribution in [0.4, 0.5) is 0 Å². The van der Waals surface area contributed by atoms with Gasteiger partial charge in [0.05, 0.1) is 11.2 Å². The second kappa shape index (κ2) is 7.45. The van der Waals surface area contributed by atoms with Crippen molar-refractivity contribution in [1.29, 1.82) is 0 Å². The van der Waals surface area contributed by atoms with E-state index in [9.17, 15) is 4.79 Å². The van der Waals surface area contributed by atoms with Gasteiger partial charge in [-0.15, -0.1) is 11.3 Å². The molecule has 5 heteroatoms. The number of carboxylic acid groups (broad SMARTS) is 1. The summed E-state index contributed by atoms with van der Waals surface area (Å²) in [6, 6.07) is 6.74. The highest BCUT2D eigenvalue weighted by Crippen LogP contribution is 2.25. The van der Waals surface area contributed by atoms with Crippen molar-refractivity contribution in [2.75, 3.05) is 13.1 Å². The predicted octanol–water partition coefficient (Wildman–Crippen LogP) is 3.91.